The minimum Gasteiger partial charge on any atom is -0.871 e. The summed E-state index contributed by atoms with van der Waals surface area (Å²) in [7, 11) is 0. The lowest BCUT2D eigenvalue weighted by molar-refractivity contribution is -0.433. The van der Waals surface area contributed by atoms with E-state index < -0.39 is 0 Å². The summed E-state index contributed by atoms with van der Waals surface area (Å²) in [6.07, 6.45) is 3.58. The second-order valence-electron chi connectivity index (χ2n) is 10.6. The number of allylic oxidation sites excluding steroid dienone is 5. The number of nitrogens with zero attached hydrogens (tertiary/aromatic N) is 2. The summed E-state index contributed by atoms with van der Waals surface area (Å²) in [5, 5.41) is 14.7. The lowest BCUT2D eigenvalue weighted by Crippen LogP contribution is -2.35. The molecule has 0 bridgehead atoms. The molecule has 2 aliphatic heterocycles. The van der Waals surface area contributed by atoms with Gasteiger partial charge < -0.3 is 10.0 Å². The lowest BCUT2D eigenvalue weighted by atomic mass is 9.77. The van der Waals surface area contributed by atoms with Crippen molar-refractivity contribution in [3.05, 3.63) is 92.3 Å². The van der Waals surface area contributed by atoms with Crippen LogP contribution in [0, 0.1) is 0 Å². The summed E-state index contributed by atoms with van der Waals surface area (Å²) >= 11 is 12.6. The number of benzene rings is 2. The molecule has 0 spiro atoms. The van der Waals surface area contributed by atoms with Crippen molar-refractivity contribution in [3.8, 4) is 0 Å². The SMILES string of the molecule is CCN1/C(=C\C2=C([O-])C(=CC3=[N+](CC)c4ccc(Cl)cc4C3(C)C)C2=O)C(C)(C)c2cc(Cl)ccc21. The molecule has 2 aromatic rings. The number of likely N-dealkylation sites (N-methyl/N-ethyl adjacent to an activating group) is 1. The number of carbonyl (C=O) groups excluding carboxylic acids is 1. The van der Waals surface area contributed by atoms with Gasteiger partial charge in [-0.15, -0.1) is 0 Å². The Kier molecular flexibility index (Phi) is 5.77. The molecule has 6 heteroatoms. The van der Waals surface area contributed by atoms with Crippen LogP contribution in [-0.4, -0.2) is 29.2 Å². The summed E-state index contributed by atoms with van der Waals surface area (Å²) in [5.41, 5.74) is 5.89. The van der Waals surface area contributed by atoms with Gasteiger partial charge in [0.25, 0.3) is 0 Å². The van der Waals surface area contributed by atoms with E-state index >= 15 is 0 Å². The van der Waals surface area contributed by atoms with Crippen molar-refractivity contribution in [3.63, 3.8) is 0 Å². The molecule has 0 unspecified atom stereocenters. The highest BCUT2D eigenvalue weighted by Crippen LogP contribution is 2.49. The number of ketones is 1. The molecular formula is C30H30Cl2N2O2. The molecule has 0 fully saturated rings. The maximum atomic E-state index is 13.4. The normalized spacial score (nSPS) is 22.0. The van der Waals surface area contributed by atoms with Crippen LogP contribution in [0.5, 0.6) is 0 Å². The third kappa shape index (κ3) is 3.42. The van der Waals surface area contributed by atoms with Crippen LogP contribution in [0.15, 0.2) is 71.2 Å². The minimum absolute atomic E-state index is 0.207. The second-order valence-corrected chi connectivity index (χ2v) is 11.5. The predicted octanol–water partition coefficient (Wildman–Crippen LogP) is 6.21. The van der Waals surface area contributed by atoms with Gasteiger partial charge >= 0.3 is 0 Å². The predicted molar refractivity (Wildman–Crippen MR) is 146 cm³/mol. The fraction of sp³-hybridized carbons (Fsp3) is 0.333. The molecule has 2 aromatic carbocycles. The number of halogens is 2. The number of hydrogen-bond acceptors (Lipinski definition) is 3. The molecule has 0 saturated carbocycles. The number of carbonyl (C=O) groups is 1. The van der Waals surface area contributed by atoms with Gasteiger partial charge in [-0.1, -0.05) is 42.8 Å². The van der Waals surface area contributed by atoms with Crippen molar-refractivity contribution >= 4 is 46.1 Å². The first-order valence-electron chi connectivity index (χ1n) is 12.4. The molecule has 36 heavy (non-hydrogen) atoms. The standard InChI is InChI=1S/C30H30Cl2N2O2/c1-7-33-23-11-9-17(31)13-21(23)29(3,4)25(33)15-19-27(35)20(28(19)36)16-26-30(5,6)22-14-18(32)10-12-24(22)34(26)8-2/h9-16H,7-8H2,1-6H3. The number of Topliss-reactive ketones (excluding diaryl/α,β-unsaturated/α-hetero) is 1. The van der Waals surface area contributed by atoms with Crippen LogP contribution in [-0.2, 0) is 15.6 Å². The van der Waals surface area contributed by atoms with Gasteiger partial charge in [0.15, 0.2) is 11.5 Å². The second kappa shape index (κ2) is 8.36. The van der Waals surface area contributed by atoms with Crippen LogP contribution < -0.4 is 10.0 Å². The van der Waals surface area contributed by atoms with Gasteiger partial charge in [0.05, 0.1) is 5.41 Å². The summed E-state index contributed by atoms with van der Waals surface area (Å²) in [6.45, 7) is 14.0. The van der Waals surface area contributed by atoms with E-state index in [0.29, 0.717) is 10.0 Å². The third-order valence-corrected chi connectivity index (χ3v) is 8.35. The maximum Gasteiger partial charge on any atom is 0.209 e. The van der Waals surface area contributed by atoms with Gasteiger partial charge in [-0.2, -0.15) is 4.58 Å². The van der Waals surface area contributed by atoms with Gasteiger partial charge in [-0.3, -0.25) is 4.79 Å². The highest BCUT2D eigenvalue weighted by molar-refractivity contribution is 6.31. The average molecular weight is 521 g/mol. The van der Waals surface area contributed by atoms with Crippen molar-refractivity contribution in [2.45, 2.75) is 52.4 Å². The Morgan fingerprint density at radius 3 is 2.19 bits per heavy atom. The fourth-order valence-electron chi connectivity index (χ4n) is 5.87. The van der Waals surface area contributed by atoms with E-state index in [1.165, 1.54) is 0 Å². The van der Waals surface area contributed by atoms with Gasteiger partial charge in [0, 0.05) is 62.2 Å². The largest absolute Gasteiger partial charge is 0.871 e. The zero-order chi connectivity index (χ0) is 26.2. The first-order chi connectivity index (χ1) is 16.9. The molecular weight excluding hydrogens is 491 g/mol. The quantitative estimate of drug-likeness (QED) is 0.355. The highest BCUT2D eigenvalue weighted by atomic mass is 35.5. The Hall–Kier alpha value is -2.82. The molecule has 0 N–H and O–H groups in total. The van der Waals surface area contributed by atoms with E-state index in [2.05, 4.69) is 51.0 Å². The lowest BCUT2D eigenvalue weighted by Gasteiger charge is -2.32. The molecule has 0 saturated heterocycles. The van der Waals surface area contributed by atoms with E-state index in [-0.39, 0.29) is 33.5 Å². The van der Waals surface area contributed by atoms with Gasteiger partial charge in [0.2, 0.25) is 5.69 Å². The van der Waals surface area contributed by atoms with Crippen LogP contribution in [0.4, 0.5) is 11.4 Å². The van der Waals surface area contributed by atoms with E-state index in [1.54, 1.807) is 12.2 Å². The van der Waals surface area contributed by atoms with Crippen molar-refractivity contribution in [1.29, 1.82) is 0 Å². The first kappa shape index (κ1) is 24.9. The highest BCUT2D eigenvalue weighted by Gasteiger charge is 2.46. The zero-order valence-corrected chi connectivity index (χ0v) is 23.0. The zero-order valence-electron chi connectivity index (χ0n) is 21.5. The molecule has 4 nitrogen and oxygen atoms in total. The van der Waals surface area contributed by atoms with E-state index in [4.69, 9.17) is 23.2 Å². The van der Waals surface area contributed by atoms with E-state index in [0.717, 1.165) is 47.0 Å². The first-order valence-corrected chi connectivity index (χ1v) is 13.1. The molecule has 1 aliphatic carbocycles. The molecule has 0 radical (unpaired) electrons. The number of fused-ring (bicyclic) bond motifs is 2. The Morgan fingerprint density at radius 1 is 0.944 bits per heavy atom. The Morgan fingerprint density at radius 2 is 1.58 bits per heavy atom. The summed E-state index contributed by atoms with van der Waals surface area (Å²) in [6, 6.07) is 11.7. The van der Waals surface area contributed by atoms with Crippen molar-refractivity contribution in [2.24, 2.45) is 0 Å². The third-order valence-electron chi connectivity index (χ3n) is 7.88. The van der Waals surface area contributed by atoms with Crippen molar-refractivity contribution < 1.29 is 14.5 Å². The molecule has 0 atom stereocenters. The van der Waals surface area contributed by atoms with Crippen molar-refractivity contribution in [2.75, 3.05) is 18.0 Å². The average Bonchev–Trinajstić information content (AvgIpc) is 3.18. The molecule has 0 aromatic heterocycles. The van der Waals surface area contributed by atoms with Crippen LogP contribution >= 0.6 is 23.2 Å². The summed E-state index contributed by atoms with van der Waals surface area (Å²) in [5.74, 6) is -0.414. The van der Waals surface area contributed by atoms with Crippen molar-refractivity contribution in [1.82, 2.24) is 0 Å². The summed E-state index contributed by atoms with van der Waals surface area (Å²) in [4.78, 5) is 15.5. The maximum absolute atomic E-state index is 13.4. The molecule has 2 heterocycles. The van der Waals surface area contributed by atoms with Crippen LogP contribution in [0.3, 0.4) is 0 Å². The molecule has 0 amide bonds. The van der Waals surface area contributed by atoms with Gasteiger partial charge in [-0.05, 0) is 69.7 Å². The van der Waals surface area contributed by atoms with Gasteiger partial charge in [0.1, 0.15) is 6.54 Å². The molecule has 3 aliphatic rings. The number of hydrogen-bond donors (Lipinski definition) is 0. The van der Waals surface area contributed by atoms with E-state index in [1.807, 2.05) is 36.4 Å². The Bertz CT molecular complexity index is 1460. The minimum atomic E-state index is -0.384. The molecule has 5 rings (SSSR count). The topological polar surface area (TPSA) is 46.4 Å². The smallest absolute Gasteiger partial charge is 0.209 e. The number of anilines is 1. The Labute approximate surface area is 222 Å². The Balaban J connectivity index is 1.58. The van der Waals surface area contributed by atoms with Crippen LogP contribution in [0.1, 0.15) is 52.7 Å². The fourth-order valence-corrected chi connectivity index (χ4v) is 6.21. The van der Waals surface area contributed by atoms with Crippen LogP contribution in [0.25, 0.3) is 0 Å². The monoisotopic (exact) mass is 520 g/mol. The molecule has 186 valence electrons. The number of rotatable bonds is 4. The van der Waals surface area contributed by atoms with Crippen LogP contribution in [0.2, 0.25) is 10.0 Å². The van der Waals surface area contributed by atoms with E-state index in [9.17, 15) is 9.90 Å². The van der Waals surface area contributed by atoms with Gasteiger partial charge in [-0.25, -0.2) is 0 Å². The summed E-state index contributed by atoms with van der Waals surface area (Å²) < 4.78 is 2.16.